The summed E-state index contributed by atoms with van der Waals surface area (Å²) in [5.41, 5.74) is 18.5. The van der Waals surface area contributed by atoms with Crippen LogP contribution in [0.3, 0.4) is 0 Å². The maximum Gasteiger partial charge on any atom is 0.0473 e. The Morgan fingerprint density at radius 3 is 1.23 bits per heavy atom. The van der Waals surface area contributed by atoms with Crippen LogP contribution < -0.4 is 4.90 Å². The molecule has 0 bridgehead atoms. The fraction of sp³-hybridized carbons (Fsp3) is 0.0492. The molecule has 0 fully saturated rings. The molecular formula is C61H43N. The average molecular weight is 790 g/mol. The van der Waals surface area contributed by atoms with E-state index >= 15 is 0 Å². The second kappa shape index (κ2) is 14.2. The Labute approximate surface area is 363 Å². The summed E-state index contributed by atoms with van der Waals surface area (Å²) in [4.78, 5) is 2.45. The van der Waals surface area contributed by atoms with Crippen molar-refractivity contribution >= 4 is 49.4 Å². The summed E-state index contributed by atoms with van der Waals surface area (Å²) >= 11 is 0. The van der Waals surface area contributed by atoms with E-state index < -0.39 is 0 Å². The van der Waals surface area contributed by atoms with Gasteiger partial charge >= 0.3 is 0 Å². The number of rotatable bonds is 7. The van der Waals surface area contributed by atoms with E-state index in [2.05, 4.69) is 243 Å². The molecule has 1 heteroatoms. The van der Waals surface area contributed by atoms with Crippen LogP contribution in [-0.4, -0.2) is 0 Å². The molecule has 0 aliphatic heterocycles. The number of nitrogens with zero attached hydrogens (tertiary/aromatic N) is 1. The second-order valence-corrected chi connectivity index (χ2v) is 17.4. The van der Waals surface area contributed by atoms with Crippen molar-refractivity contribution in [2.45, 2.75) is 19.3 Å². The van der Waals surface area contributed by atoms with Crippen molar-refractivity contribution in [3.8, 4) is 55.6 Å². The van der Waals surface area contributed by atoms with Gasteiger partial charge < -0.3 is 4.90 Å². The van der Waals surface area contributed by atoms with Gasteiger partial charge in [0.1, 0.15) is 0 Å². The van der Waals surface area contributed by atoms with E-state index in [1.807, 2.05) is 0 Å². The molecule has 0 atom stereocenters. The minimum atomic E-state index is -0.108. The molecule has 0 radical (unpaired) electrons. The van der Waals surface area contributed by atoms with Gasteiger partial charge in [0.05, 0.1) is 0 Å². The Balaban J connectivity index is 1.00. The van der Waals surface area contributed by atoms with E-state index in [9.17, 15) is 0 Å². The van der Waals surface area contributed by atoms with Gasteiger partial charge in [-0.25, -0.2) is 0 Å². The van der Waals surface area contributed by atoms with Gasteiger partial charge in [-0.2, -0.15) is 0 Å². The average Bonchev–Trinajstić information content (AvgIpc) is 3.56. The molecule has 12 rings (SSSR count). The van der Waals surface area contributed by atoms with Crippen molar-refractivity contribution in [2.24, 2.45) is 0 Å². The Hall–Kier alpha value is -7.74. The molecule has 0 amide bonds. The third-order valence-electron chi connectivity index (χ3n) is 13.3. The lowest BCUT2D eigenvalue weighted by Crippen LogP contribution is -2.16. The molecule has 1 aliphatic carbocycles. The minimum absolute atomic E-state index is 0.108. The first kappa shape index (κ1) is 36.1. The van der Waals surface area contributed by atoms with Crippen LogP contribution in [0.2, 0.25) is 0 Å². The predicted octanol–water partition coefficient (Wildman–Crippen LogP) is 17.0. The van der Waals surface area contributed by atoms with Gasteiger partial charge in [0.15, 0.2) is 0 Å². The van der Waals surface area contributed by atoms with Crippen LogP contribution in [0.4, 0.5) is 17.1 Å². The molecule has 0 saturated heterocycles. The molecule has 0 spiro atoms. The first-order valence-corrected chi connectivity index (χ1v) is 21.7. The number of hydrogen-bond acceptors (Lipinski definition) is 1. The van der Waals surface area contributed by atoms with Crippen molar-refractivity contribution in [3.63, 3.8) is 0 Å². The number of fused-ring (bicyclic) bond motifs is 3. The summed E-state index contributed by atoms with van der Waals surface area (Å²) in [6.45, 7) is 4.73. The lowest BCUT2D eigenvalue weighted by atomic mass is 9.82. The van der Waals surface area contributed by atoms with Gasteiger partial charge in [-0.15, -0.1) is 0 Å². The van der Waals surface area contributed by atoms with Crippen molar-refractivity contribution in [1.82, 2.24) is 0 Å². The fourth-order valence-electron chi connectivity index (χ4n) is 10.2. The zero-order chi connectivity index (χ0) is 41.4. The highest BCUT2D eigenvalue weighted by Gasteiger charge is 2.35. The summed E-state index contributed by atoms with van der Waals surface area (Å²) < 4.78 is 0. The third kappa shape index (κ3) is 5.92. The van der Waals surface area contributed by atoms with Crippen LogP contribution in [0.15, 0.2) is 224 Å². The van der Waals surface area contributed by atoms with E-state index in [1.54, 1.807) is 0 Å². The molecule has 0 heterocycles. The topological polar surface area (TPSA) is 3.24 Å². The van der Waals surface area contributed by atoms with Crippen LogP contribution >= 0.6 is 0 Å². The van der Waals surface area contributed by atoms with Gasteiger partial charge in [-0.1, -0.05) is 172 Å². The summed E-state index contributed by atoms with van der Waals surface area (Å²) in [5.74, 6) is 0. The Kier molecular flexibility index (Phi) is 8.27. The molecule has 1 nitrogen and oxygen atoms in total. The van der Waals surface area contributed by atoms with Gasteiger partial charge in [-0.05, 0) is 166 Å². The van der Waals surface area contributed by atoms with Crippen molar-refractivity contribution < 1.29 is 0 Å². The molecular weight excluding hydrogens is 747 g/mol. The highest BCUT2D eigenvalue weighted by atomic mass is 15.1. The standard InChI is InChI=1S/C61H43N/c1-61(2)57-21-13-12-20-55(57)56-31-30-53(39-58(56)61)62(52-28-26-43(27-29-52)40-14-6-3-7-15-40)54-37-46-24-22-44-32-50(33-45-23-25-47(38-54)60(46)59(44)45)51-35-48(41-16-8-4-9-17-41)34-49(36-51)42-18-10-5-11-19-42/h3-39H,1-2H3. The molecule has 62 heavy (non-hydrogen) atoms. The van der Waals surface area contributed by atoms with Crippen LogP contribution in [0, 0.1) is 0 Å². The van der Waals surface area contributed by atoms with Crippen LogP contribution in [0.1, 0.15) is 25.0 Å². The third-order valence-corrected chi connectivity index (χ3v) is 13.3. The Morgan fingerprint density at radius 2 is 0.677 bits per heavy atom. The van der Waals surface area contributed by atoms with Crippen molar-refractivity contribution in [2.75, 3.05) is 4.90 Å². The maximum atomic E-state index is 2.45. The number of hydrogen-bond donors (Lipinski definition) is 0. The molecule has 292 valence electrons. The monoisotopic (exact) mass is 789 g/mol. The molecule has 0 N–H and O–H groups in total. The largest absolute Gasteiger partial charge is 0.310 e. The van der Waals surface area contributed by atoms with Gasteiger partial charge in [-0.3, -0.25) is 0 Å². The SMILES string of the molecule is CC1(C)c2ccccc2-c2ccc(N(c3ccc(-c4ccccc4)cc3)c3cc4ccc5cc(-c6cc(-c7ccccc7)cc(-c7ccccc7)c6)cc6ccc(c3)c4c56)cc21. The lowest BCUT2D eigenvalue weighted by Gasteiger charge is -2.29. The smallest absolute Gasteiger partial charge is 0.0473 e. The van der Waals surface area contributed by atoms with E-state index in [4.69, 9.17) is 0 Å². The van der Waals surface area contributed by atoms with E-state index in [0.717, 1.165) is 17.1 Å². The van der Waals surface area contributed by atoms with Crippen LogP contribution in [0.25, 0.3) is 88.0 Å². The zero-order valence-corrected chi connectivity index (χ0v) is 34.8. The molecule has 0 aromatic heterocycles. The highest BCUT2D eigenvalue weighted by molar-refractivity contribution is 6.24. The highest BCUT2D eigenvalue weighted by Crippen LogP contribution is 2.51. The summed E-state index contributed by atoms with van der Waals surface area (Å²) in [7, 11) is 0. The normalized spacial score (nSPS) is 12.8. The first-order chi connectivity index (χ1) is 30.5. The van der Waals surface area contributed by atoms with Gasteiger partial charge in [0.25, 0.3) is 0 Å². The maximum absolute atomic E-state index is 2.45. The predicted molar refractivity (Wildman–Crippen MR) is 264 cm³/mol. The molecule has 0 unspecified atom stereocenters. The molecule has 0 saturated carbocycles. The van der Waals surface area contributed by atoms with E-state index in [0.29, 0.717) is 0 Å². The van der Waals surface area contributed by atoms with Gasteiger partial charge in [0, 0.05) is 22.5 Å². The van der Waals surface area contributed by atoms with Crippen LogP contribution in [-0.2, 0) is 5.41 Å². The van der Waals surface area contributed by atoms with Crippen molar-refractivity contribution in [3.05, 3.63) is 236 Å². The number of benzene rings is 11. The zero-order valence-electron chi connectivity index (χ0n) is 34.8. The Morgan fingerprint density at radius 1 is 0.274 bits per heavy atom. The van der Waals surface area contributed by atoms with Crippen LogP contribution in [0.5, 0.6) is 0 Å². The molecule has 11 aromatic carbocycles. The first-order valence-electron chi connectivity index (χ1n) is 21.7. The molecule has 1 aliphatic rings. The van der Waals surface area contributed by atoms with E-state index in [-0.39, 0.29) is 5.41 Å². The Bertz CT molecular complexity index is 3330. The summed E-state index contributed by atoms with van der Waals surface area (Å²) in [5, 5.41) is 7.60. The van der Waals surface area contributed by atoms with Crippen molar-refractivity contribution in [1.29, 1.82) is 0 Å². The molecule has 11 aromatic rings. The minimum Gasteiger partial charge on any atom is -0.310 e. The van der Waals surface area contributed by atoms with E-state index in [1.165, 1.54) is 99.1 Å². The quantitative estimate of drug-likeness (QED) is 0.145. The summed E-state index contributed by atoms with van der Waals surface area (Å²) in [6, 6.07) is 83.0. The summed E-state index contributed by atoms with van der Waals surface area (Å²) in [6.07, 6.45) is 0. The lowest BCUT2D eigenvalue weighted by molar-refractivity contribution is 0.660. The number of anilines is 3. The second-order valence-electron chi connectivity index (χ2n) is 17.4. The fourth-order valence-corrected chi connectivity index (χ4v) is 10.2. The van der Waals surface area contributed by atoms with Gasteiger partial charge in [0.2, 0.25) is 0 Å².